The number of aliphatic hydroxyl groups is 1. The fraction of sp³-hybridized carbons (Fsp3) is 0.250. The van der Waals surface area contributed by atoms with Gasteiger partial charge in [-0.1, -0.05) is 42.5 Å². The Morgan fingerprint density at radius 1 is 1.05 bits per heavy atom. The van der Waals surface area contributed by atoms with Crippen molar-refractivity contribution in [2.24, 2.45) is 5.73 Å². The molecule has 0 fully saturated rings. The van der Waals surface area contributed by atoms with Crippen molar-refractivity contribution in [3.8, 4) is 5.75 Å². The lowest BCUT2D eigenvalue weighted by Gasteiger charge is -2.20. The predicted octanol–water partition coefficient (Wildman–Crippen LogP) is 3.19. The van der Waals surface area contributed by atoms with E-state index < -0.39 is 18.5 Å². The van der Waals surface area contributed by atoms with Crippen molar-refractivity contribution in [2.75, 3.05) is 0 Å². The summed E-state index contributed by atoms with van der Waals surface area (Å²) < 4.78 is 40.5. The van der Waals surface area contributed by atoms with E-state index in [0.29, 0.717) is 12.0 Å². The molecule has 0 bridgehead atoms. The average Bonchev–Trinajstić information content (AvgIpc) is 2.46. The first kappa shape index (κ1) is 16.3. The summed E-state index contributed by atoms with van der Waals surface area (Å²) in [6.07, 6.45) is -5.36. The van der Waals surface area contributed by atoms with Gasteiger partial charge < -0.3 is 15.6 Å². The van der Waals surface area contributed by atoms with Crippen LogP contribution in [0.25, 0.3) is 0 Å². The standard InChI is InChI=1S/C16H16F3NO2/c17-16(18,19)22-13-8-4-7-12(10-13)15(20)14(21)9-11-5-2-1-3-6-11/h1-8,10,14-15,21H,9,20H2/t14-,15+/m1/s1. The maximum absolute atomic E-state index is 12.2. The highest BCUT2D eigenvalue weighted by Gasteiger charge is 2.31. The Kier molecular flexibility index (Phi) is 5.05. The van der Waals surface area contributed by atoms with Gasteiger partial charge in [-0.15, -0.1) is 13.2 Å². The summed E-state index contributed by atoms with van der Waals surface area (Å²) in [6.45, 7) is 0. The Morgan fingerprint density at radius 2 is 1.73 bits per heavy atom. The van der Waals surface area contributed by atoms with Crippen LogP contribution < -0.4 is 10.5 Å². The van der Waals surface area contributed by atoms with E-state index in [9.17, 15) is 18.3 Å². The molecule has 0 aliphatic carbocycles. The van der Waals surface area contributed by atoms with Crippen LogP contribution in [0.1, 0.15) is 17.2 Å². The van der Waals surface area contributed by atoms with E-state index in [0.717, 1.165) is 5.56 Å². The lowest BCUT2D eigenvalue weighted by atomic mass is 9.97. The Balaban J connectivity index is 2.08. The summed E-state index contributed by atoms with van der Waals surface area (Å²) in [7, 11) is 0. The summed E-state index contributed by atoms with van der Waals surface area (Å²) in [5.74, 6) is -0.354. The van der Waals surface area contributed by atoms with E-state index >= 15 is 0 Å². The minimum atomic E-state index is -4.76. The summed E-state index contributed by atoms with van der Waals surface area (Å²) in [5, 5.41) is 10.2. The zero-order valence-electron chi connectivity index (χ0n) is 11.6. The molecule has 0 amide bonds. The number of aliphatic hydroxyl groups excluding tert-OH is 1. The van der Waals surface area contributed by atoms with E-state index in [1.807, 2.05) is 30.3 Å². The third-order valence-electron chi connectivity index (χ3n) is 3.18. The Morgan fingerprint density at radius 3 is 2.36 bits per heavy atom. The number of benzene rings is 2. The molecule has 2 aromatic carbocycles. The largest absolute Gasteiger partial charge is 0.573 e. The van der Waals surface area contributed by atoms with Crippen molar-refractivity contribution in [3.05, 3.63) is 65.7 Å². The van der Waals surface area contributed by atoms with Crippen molar-refractivity contribution in [1.29, 1.82) is 0 Å². The number of rotatable bonds is 5. The molecule has 0 saturated heterocycles. The fourth-order valence-corrected chi connectivity index (χ4v) is 2.12. The molecule has 2 atom stereocenters. The average molecular weight is 311 g/mol. The molecule has 3 nitrogen and oxygen atoms in total. The molecule has 0 heterocycles. The quantitative estimate of drug-likeness (QED) is 0.891. The van der Waals surface area contributed by atoms with Crippen molar-refractivity contribution < 1.29 is 23.0 Å². The molecular weight excluding hydrogens is 295 g/mol. The van der Waals surface area contributed by atoms with Crippen LogP contribution in [0.15, 0.2) is 54.6 Å². The molecule has 118 valence electrons. The van der Waals surface area contributed by atoms with E-state index in [1.165, 1.54) is 18.2 Å². The normalized spacial score (nSPS) is 14.4. The number of nitrogens with two attached hydrogens (primary N) is 1. The van der Waals surface area contributed by atoms with Crippen LogP contribution in [-0.2, 0) is 6.42 Å². The fourth-order valence-electron chi connectivity index (χ4n) is 2.12. The second-order valence-electron chi connectivity index (χ2n) is 4.90. The van der Waals surface area contributed by atoms with Gasteiger partial charge in [-0.2, -0.15) is 0 Å². The minimum Gasteiger partial charge on any atom is -0.406 e. The summed E-state index contributed by atoms with van der Waals surface area (Å²) >= 11 is 0. The lowest BCUT2D eigenvalue weighted by molar-refractivity contribution is -0.274. The molecule has 0 aliphatic heterocycles. The second-order valence-corrected chi connectivity index (χ2v) is 4.90. The van der Waals surface area contributed by atoms with Crippen LogP contribution in [0.3, 0.4) is 0 Å². The highest BCUT2D eigenvalue weighted by atomic mass is 19.4. The summed E-state index contributed by atoms with van der Waals surface area (Å²) in [5.41, 5.74) is 7.21. The van der Waals surface area contributed by atoms with Gasteiger partial charge in [-0.25, -0.2) is 0 Å². The number of hydrogen-bond donors (Lipinski definition) is 2. The third kappa shape index (κ3) is 4.75. The van der Waals surface area contributed by atoms with E-state index in [2.05, 4.69) is 4.74 Å². The molecule has 6 heteroatoms. The molecule has 0 aromatic heterocycles. The summed E-state index contributed by atoms with van der Waals surface area (Å²) in [4.78, 5) is 0. The zero-order chi connectivity index (χ0) is 16.2. The Labute approximate surface area is 126 Å². The number of halogens is 3. The van der Waals surface area contributed by atoms with E-state index in [-0.39, 0.29) is 5.75 Å². The Hall–Kier alpha value is -2.05. The van der Waals surface area contributed by atoms with E-state index in [4.69, 9.17) is 5.73 Å². The van der Waals surface area contributed by atoms with Crippen LogP contribution in [0.4, 0.5) is 13.2 Å². The molecule has 3 N–H and O–H groups in total. The highest BCUT2D eigenvalue weighted by Crippen LogP contribution is 2.26. The Bertz CT molecular complexity index is 602. The van der Waals surface area contributed by atoms with Crippen molar-refractivity contribution >= 4 is 0 Å². The SMILES string of the molecule is N[C@@H](c1cccc(OC(F)(F)F)c1)[C@H](O)Cc1ccccc1. The molecule has 0 aliphatic rings. The van der Waals surface area contributed by atoms with Crippen LogP contribution in [0.5, 0.6) is 5.75 Å². The van der Waals surface area contributed by atoms with Gasteiger partial charge in [0.05, 0.1) is 12.1 Å². The molecule has 0 saturated carbocycles. The van der Waals surface area contributed by atoms with Gasteiger partial charge in [0.2, 0.25) is 0 Å². The smallest absolute Gasteiger partial charge is 0.406 e. The molecule has 0 unspecified atom stereocenters. The minimum absolute atomic E-state index is 0.312. The van der Waals surface area contributed by atoms with Crippen LogP contribution in [0, 0.1) is 0 Å². The van der Waals surface area contributed by atoms with Crippen LogP contribution in [0.2, 0.25) is 0 Å². The molecule has 2 rings (SSSR count). The maximum atomic E-state index is 12.2. The predicted molar refractivity (Wildman–Crippen MR) is 76.2 cm³/mol. The molecule has 2 aromatic rings. The first-order valence-electron chi connectivity index (χ1n) is 6.68. The van der Waals surface area contributed by atoms with Gasteiger partial charge in [-0.05, 0) is 23.3 Å². The van der Waals surface area contributed by atoms with Crippen LogP contribution >= 0.6 is 0 Å². The number of ether oxygens (including phenoxy) is 1. The van der Waals surface area contributed by atoms with Gasteiger partial charge in [0.25, 0.3) is 0 Å². The monoisotopic (exact) mass is 311 g/mol. The van der Waals surface area contributed by atoms with Crippen LogP contribution in [-0.4, -0.2) is 17.6 Å². The molecule has 22 heavy (non-hydrogen) atoms. The zero-order valence-corrected chi connectivity index (χ0v) is 11.6. The maximum Gasteiger partial charge on any atom is 0.573 e. The van der Waals surface area contributed by atoms with Gasteiger partial charge in [0, 0.05) is 6.42 Å². The van der Waals surface area contributed by atoms with Crippen molar-refractivity contribution in [1.82, 2.24) is 0 Å². The summed E-state index contributed by atoms with van der Waals surface area (Å²) in [6, 6.07) is 13.8. The van der Waals surface area contributed by atoms with Gasteiger partial charge in [0.1, 0.15) is 5.75 Å². The lowest BCUT2D eigenvalue weighted by Crippen LogP contribution is -2.28. The first-order chi connectivity index (χ1) is 10.3. The van der Waals surface area contributed by atoms with Crippen molar-refractivity contribution in [2.45, 2.75) is 24.9 Å². The third-order valence-corrected chi connectivity index (χ3v) is 3.18. The molecule has 0 spiro atoms. The van der Waals surface area contributed by atoms with E-state index in [1.54, 1.807) is 6.07 Å². The molecule has 0 radical (unpaired) electrons. The van der Waals surface area contributed by atoms with Crippen molar-refractivity contribution in [3.63, 3.8) is 0 Å². The first-order valence-corrected chi connectivity index (χ1v) is 6.68. The molecular formula is C16H16F3NO2. The topological polar surface area (TPSA) is 55.5 Å². The number of hydrogen-bond acceptors (Lipinski definition) is 3. The second kappa shape index (κ2) is 6.81. The number of alkyl halides is 3. The van der Waals surface area contributed by atoms with Gasteiger partial charge in [0.15, 0.2) is 0 Å². The highest BCUT2D eigenvalue weighted by molar-refractivity contribution is 5.31. The van der Waals surface area contributed by atoms with Gasteiger partial charge in [-0.3, -0.25) is 0 Å². The van der Waals surface area contributed by atoms with Gasteiger partial charge >= 0.3 is 6.36 Å².